The Morgan fingerprint density at radius 3 is 2.35 bits per heavy atom. The second-order valence-electron chi connectivity index (χ2n) is 4.91. The third-order valence-electron chi connectivity index (χ3n) is 2.96. The molecule has 1 heterocycles. The largest absolute Gasteiger partial charge is 0.331 e. The fraction of sp³-hybridized carbons (Fsp3) is 0.267. The van der Waals surface area contributed by atoms with Crippen molar-refractivity contribution in [1.29, 1.82) is 0 Å². The number of aromatic nitrogens is 2. The Bertz CT molecular complexity index is 627. The number of imidazole rings is 1. The van der Waals surface area contributed by atoms with Crippen LogP contribution in [-0.4, -0.2) is 21.2 Å². The SMILES string of the molecule is CC(C)C(=O)Nc1ccc(C(=O)c2nccn2C)cc1. The van der Waals surface area contributed by atoms with Gasteiger partial charge in [0.1, 0.15) is 0 Å². The molecule has 0 radical (unpaired) electrons. The minimum absolute atomic E-state index is 0.0480. The number of nitrogens with zero attached hydrogens (tertiary/aromatic N) is 2. The Kier molecular flexibility index (Phi) is 3.98. The van der Waals surface area contributed by atoms with Crippen LogP contribution >= 0.6 is 0 Å². The summed E-state index contributed by atoms with van der Waals surface area (Å²) in [7, 11) is 1.78. The summed E-state index contributed by atoms with van der Waals surface area (Å²) >= 11 is 0. The van der Waals surface area contributed by atoms with E-state index in [-0.39, 0.29) is 17.6 Å². The number of aryl methyl sites for hydroxylation is 1. The Morgan fingerprint density at radius 1 is 1.20 bits per heavy atom. The summed E-state index contributed by atoms with van der Waals surface area (Å²) in [6, 6.07) is 6.81. The number of nitrogens with one attached hydrogen (secondary N) is 1. The summed E-state index contributed by atoms with van der Waals surface area (Å²) in [5.74, 6) is 0.125. The van der Waals surface area contributed by atoms with Gasteiger partial charge in [-0.25, -0.2) is 4.98 Å². The van der Waals surface area contributed by atoms with Crippen molar-refractivity contribution in [3.63, 3.8) is 0 Å². The molecule has 104 valence electrons. The lowest BCUT2D eigenvalue weighted by Gasteiger charge is -2.08. The van der Waals surface area contributed by atoms with Crippen LogP contribution in [0.25, 0.3) is 0 Å². The van der Waals surface area contributed by atoms with Gasteiger partial charge < -0.3 is 9.88 Å². The molecule has 1 amide bonds. The topological polar surface area (TPSA) is 64.0 Å². The van der Waals surface area contributed by atoms with E-state index >= 15 is 0 Å². The molecule has 1 N–H and O–H groups in total. The van der Waals surface area contributed by atoms with E-state index in [1.807, 2.05) is 13.8 Å². The molecule has 5 heteroatoms. The Labute approximate surface area is 117 Å². The van der Waals surface area contributed by atoms with Crippen LogP contribution in [0, 0.1) is 5.92 Å². The van der Waals surface area contributed by atoms with E-state index in [9.17, 15) is 9.59 Å². The maximum atomic E-state index is 12.2. The average molecular weight is 271 g/mol. The lowest BCUT2D eigenvalue weighted by Crippen LogP contribution is -2.17. The number of ketones is 1. The predicted octanol–water partition coefficient (Wildman–Crippen LogP) is 2.25. The summed E-state index contributed by atoms with van der Waals surface area (Å²) in [5.41, 5.74) is 1.22. The second kappa shape index (κ2) is 5.69. The van der Waals surface area contributed by atoms with Gasteiger partial charge in [-0.3, -0.25) is 9.59 Å². The number of hydrogen-bond donors (Lipinski definition) is 1. The predicted molar refractivity (Wildman–Crippen MR) is 76.6 cm³/mol. The fourth-order valence-electron chi connectivity index (χ4n) is 1.71. The molecule has 0 unspecified atom stereocenters. The van der Waals surface area contributed by atoms with Crippen LogP contribution in [0.2, 0.25) is 0 Å². The van der Waals surface area contributed by atoms with Gasteiger partial charge in [-0.15, -0.1) is 0 Å². The first-order valence-electron chi connectivity index (χ1n) is 6.42. The zero-order valence-electron chi connectivity index (χ0n) is 11.8. The molecule has 2 aromatic rings. The van der Waals surface area contributed by atoms with Gasteiger partial charge in [-0.2, -0.15) is 0 Å². The van der Waals surface area contributed by atoms with Crippen molar-refractivity contribution in [1.82, 2.24) is 9.55 Å². The van der Waals surface area contributed by atoms with Gasteiger partial charge in [0, 0.05) is 36.6 Å². The molecule has 1 aromatic heterocycles. The molecule has 0 spiro atoms. The Balaban J connectivity index is 2.14. The summed E-state index contributed by atoms with van der Waals surface area (Å²) in [6.07, 6.45) is 3.31. The number of rotatable bonds is 4. The molecule has 0 saturated carbocycles. The molecule has 0 aliphatic carbocycles. The van der Waals surface area contributed by atoms with E-state index in [0.717, 1.165) is 0 Å². The second-order valence-corrected chi connectivity index (χ2v) is 4.91. The van der Waals surface area contributed by atoms with Crippen molar-refractivity contribution in [3.8, 4) is 0 Å². The first-order chi connectivity index (χ1) is 9.49. The molecule has 0 saturated heterocycles. The molecular weight excluding hydrogens is 254 g/mol. The van der Waals surface area contributed by atoms with Crippen molar-refractivity contribution < 1.29 is 9.59 Å². The van der Waals surface area contributed by atoms with Gasteiger partial charge in [-0.1, -0.05) is 13.8 Å². The van der Waals surface area contributed by atoms with Gasteiger partial charge >= 0.3 is 0 Å². The highest BCUT2D eigenvalue weighted by atomic mass is 16.1. The zero-order valence-corrected chi connectivity index (χ0v) is 11.8. The van der Waals surface area contributed by atoms with E-state index in [1.54, 1.807) is 48.3 Å². The maximum Gasteiger partial charge on any atom is 0.228 e. The third kappa shape index (κ3) is 2.93. The van der Waals surface area contributed by atoms with E-state index in [2.05, 4.69) is 10.3 Å². The van der Waals surface area contributed by atoms with E-state index in [0.29, 0.717) is 17.1 Å². The number of amides is 1. The van der Waals surface area contributed by atoms with Crippen LogP contribution in [0.15, 0.2) is 36.7 Å². The Morgan fingerprint density at radius 2 is 1.85 bits per heavy atom. The minimum atomic E-state index is -0.140. The quantitative estimate of drug-likeness (QED) is 0.867. The number of carbonyl (C=O) groups is 2. The van der Waals surface area contributed by atoms with Gasteiger partial charge in [0.25, 0.3) is 0 Å². The Hall–Kier alpha value is -2.43. The first kappa shape index (κ1) is 14.0. The average Bonchev–Trinajstić information content (AvgIpc) is 2.85. The highest BCUT2D eigenvalue weighted by Crippen LogP contribution is 2.13. The first-order valence-corrected chi connectivity index (χ1v) is 6.42. The molecular formula is C15H17N3O2. The summed E-state index contributed by atoms with van der Waals surface area (Å²) < 4.78 is 1.68. The van der Waals surface area contributed by atoms with Crippen molar-refractivity contribution in [2.24, 2.45) is 13.0 Å². The van der Waals surface area contributed by atoms with Gasteiger partial charge in [0.15, 0.2) is 5.82 Å². The van der Waals surface area contributed by atoms with E-state index in [1.165, 1.54) is 0 Å². The summed E-state index contributed by atoms with van der Waals surface area (Å²) in [6.45, 7) is 3.66. The lowest BCUT2D eigenvalue weighted by molar-refractivity contribution is -0.118. The van der Waals surface area contributed by atoms with E-state index in [4.69, 9.17) is 0 Å². The molecule has 0 aliphatic rings. The van der Waals surface area contributed by atoms with E-state index < -0.39 is 0 Å². The monoisotopic (exact) mass is 271 g/mol. The number of carbonyl (C=O) groups excluding carboxylic acids is 2. The van der Waals surface area contributed by atoms with Crippen molar-refractivity contribution in [2.75, 3.05) is 5.32 Å². The molecule has 0 atom stereocenters. The minimum Gasteiger partial charge on any atom is -0.331 e. The zero-order chi connectivity index (χ0) is 14.7. The molecule has 0 fully saturated rings. The molecule has 0 bridgehead atoms. The van der Waals surface area contributed by atoms with Crippen LogP contribution < -0.4 is 5.32 Å². The molecule has 5 nitrogen and oxygen atoms in total. The standard InChI is InChI=1S/C15H17N3O2/c1-10(2)15(20)17-12-6-4-11(5-7-12)13(19)14-16-8-9-18(14)3/h4-10H,1-3H3,(H,17,20). The van der Waals surface area contributed by atoms with Gasteiger partial charge in [0.2, 0.25) is 11.7 Å². The highest BCUT2D eigenvalue weighted by Gasteiger charge is 2.14. The maximum absolute atomic E-state index is 12.2. The molecule has 2 rings (SSSR count). The van der Waals surface area contributed by atoms with Crippen LogP contribution in [0.3, 0.4) is 0 Å². The number of benzene rings is 1. The highest BCUT2D eigenvalue weighted by molar-refractivity contribution is 6.07. The fourth-order valence-corrected chi connectivity index (χ4v) is 1.71. The molecule has 1 aromatic carbocycles. The lowest BCUT2D eigenvalue weighted by atomic mass is 10.1. The number of hydrogen-bond acceptors (Lipinski definition) is 3. The van der Waals surface area contributed by atoms with Crippen LogP contribution in [-0.2, 0) is 11.8 Å². The van der Waals surface area contributed by atoms with Crippen molar-refractivity contribution >= 4 is 17.4 Å². The third-order valence-corrected chi connectivity index (χ3v) is 2.96. The number of anilines is 1. The summed E-state index contributed by atoms with van der Waals surface area (Å²) in [4.78, 5) is 27.8. The van der Waals surface area contributed by atoms with Crippen molar-refractivity contribution in [2.45, 2.75) is 13.8 Å². The van der Waals surface area contributed by atoms with Gasteiger partial charge in [0.05, 0.1) is 0 Å². The van der Waals surface area contributed by atoms with Crippen LogP contribution in [0.4, 0.5) is 5.69 Å². The van der Waals surface area contributed by atoms with Gasteiger partial charge in [-0.05, 0) is 24.3 Å². The molecule has 0 aliphatic heterocycles. The van der Waals surface area contributed by atoms with Crippen LogP contribution in [0.1, 0.15) is 30.0 Å². The van der Waals surface area contributed by atoms with Crippen molar-refractivity contribution in [3.05, 3.63) is 48.0 Å². The smallest absolute Gasteiger partial charge is 0.228 e. The molecule has 20 heavy (non-hydrogen) atoms. The normalized spacial score (nSPS) is 10.6. The summed E-state index contributed by atoms with van der Waals surface area (Å²) in [5, 5.41) is 2.78. The van der Waals surface area contributed by atoms with Crippen LogP contribution in [0.5, 0.6) is 0 Å².